The molecule has 0 aromatic heterocycles. The second-order valence-electron chi connectivity index (χ2n) is 2.96. The minimum absolute atomic E-state index is 0.142. The molecule has 0 fully saturated rings. The molecular weight excluding hydrogens is 326 g/mol. The molecule has 1 aromatic rings. The van der Waals surface area contributed by atoms with Crippen molar-refractivity contribution < 1.29 is 4.79 Å². The van der Waals surface area contributed by atoms with Gasteiger partial charge in [-0.3, -0.25) is 4.90 Å². The molecule has 0 radical (unpaired) electrons. The van der Waals surface area contributed by atoms with Crippen LogP contribution in [0.15, 0.2) is 24.3 Å². The molecule has 0 atom stereocenters. The molecule has 15 heavy (non-hydrogen) atoms. The van der Waals surface area contributed by atoms with Crippen LogP contribution in [-0.4, -0.2) is 25.5 Å². The summed E-state index contributed by atoms with van der Waals surface area (Å²) in [7, 11) is 1.73. The number of alkyl halides is 1. The number of nitrogens with one attached hydrogen (secondary N) is 1. The van der Waals surface area contributed by atoms with Gasteiger partial charge in [0.25, 0.3) is 0 Å². The molecule has 0 heterocycles. The molecule has 0 spiro atoms. The molecule has 0 aliphatic rings. The predicted molar refractivity (Wildman–Crippen MR) is 71.7 cm³/mol. The summed E-state index contributed by atoms with van der Waals surface area (Å²) in [5.74, 6) is 0.423. The van der Waals surface area contributed by atoms with Gasteiger partial charge in [0.05, 0.1) is 0 Å². The van der Waals surface area contributed by atoms with Gasteiger partial charge in [-0.2, -0.15) is 0 Å². The van der Waals surface area contributed by atoms with Crippen molar-refractivity contribution in [1.29, 1.82) is 0 Å². The molecule has 0 saturated carbocycles. The molecule has 82 valence electrons. The van der Waals surface area contributed by atoms with E-state index in [1.807, 2.05) is 24.3 Å². The summed E-state index contributed by atoms with van der Waals surface area (Å²) in [6.45, 7) is 0.481. The van der Waals surface area contributed by atoms with E-state index in [2.05, 4.69) is 27.9 Å². The van der Waals surface area contributed by atoms with Gasteiger partial charge in [-0.15, -0.1) is 11.6 Å². The Balaban J connectivity index is 2.63. The zero-order chi connectivity index (χ0) is 11.3. The van der Waals surface area contributed by atoms with Crippen molar-refractivity contribution in [3.63, 3.8) is 0 Å². The van der Waals surface area contributed by atoms with E-state index < -0.39 is 0 Å². The fraction of sp³-hybridized carbons (Fsp3) is 0.300. The molecule has 1 rings (SSSR count). The van der Waals surface area contributed by atoms with E-state index in [1.165, 1.54) is 0 Å². The normalized spacial score (nSPS) is 9.80. The van der Waals surface area contributed by atoms with Crippen LogP contribution < -0.4 is 10.2 Å². The highest BCUT2D eigenvalue weighted by molar-refractivity contribution is 14.1. The number of carbonyl (C=O) groups is 1. The topological polar surface area (TPSA) is 32.3 Å². The monoisotopic (exact) mass is 338 g/mol. The third-order valence-electron chi connectivity index (χ3n) is 1.89. The maximum atomic E-state index is 11.5. The first-order valence-corrected chi connectivity index (χ1v) is 6.09. The van der Waals surface area contributed by atoms with Crippen molar-refractivity contribution in [2.24, 2.45) is 0 Å². The molecule has 1 aromatic carbocycles. The molecule has 0 aliphatic heterocycles. The Morgan fingerprint density at radius 1 is 1.47 bits per heavy atom. The summed E-state index contributed by atoms with van der Waals surface area (Å²) in [5, 5.41) is 2.70. The number of amides is 2. The number of anilines is 1. The smallest absolute Gasteiger partial charge is 0.321 e. The van der Waals surface area contributed by atoms with Gasteiger partial charge in [0.1, 0.15) is 0 Å². The van der Waals surface area contributed by atoms with Gasteiger partial charge >= 0.3 is 6.03 Å². The van der Waals surface area contributed by atoms with Crippen molar-refractivity contribution in [2.75, 3.05) is 24.4 Å². The van der Waals surface area contributed by atoms with Gasteiger partial charge < -0.3 is 5.32 Å². The van der Waals surface area contributed by atoms with Crippen LogP contribution in [0, 0.1) is 3.57 Å². The molecule has 0 bridgehead atoms. The van der Waals surface area contributed by atoms with Crippen LogP contribution in [0.2, 0.25) is 0 Å². The van der Waals surface area contributed by atoms with E-state index in [-0.39, 0.29) is 6.03 Å². The maximum Gasteiger partial charge on any atom is 0.321 e. The summed E-state index contributed by atoms with van der Waals surface area (Å²) in [6, 6.07) is 7.59. The van der Waals surface area contributed by atoms with Crippen molar-refractivity contribution in [3.05, 3.63) is 27.8 Å². The Morgan fingerprint density at radius 2 is 2.07 bits per heavy atom. The molecule has 2 amide bonds. The first-order chi connectivity index (χ1) is 7.15. The highest BCUT2D eigenvalue weighted by Crippen LogP contribution is 2.14. The summed E-state index contributed by atoms with van der Waals surface area (Å²) in [4.78, 5) is 13.1. The predicted octanol–water partition coefficient (Wildman–Crippen LogP) is 2.68. The highest BCUT2D eigenvalue weighted by atomic mass is 127. The molecule has 0 aliphatic carbocycles. The molecule has 5 heteroatoms. The highest BCUT2D eigenvalue weighted by Gasteiger charge is 2.08. The quantitative estimate of drug-likeness (QED) is 0.667. The lowest BCUT2D eigenvalue weighted by Crippen LogP contribution is -2.38. The van der Waals surface area contributed by atoms with Crippen LogP contribution in [-0.2, 0) is 0 Å². The Kier molecular flexibility index (Phi) is 5.17. The van der Waals surface area contributed by atoms with Crippen molar-refractivity contribution in [1.82, 2.24) is 5.32 Å². The molecule has 3 nitrogen and oxygen atoms in total. The third kappa shape index (κ3) is 3.87. The van der Waals surface area contributed by atoms with E-state index in [9.17, 15) is 4.79 Å². The lowest BCUT2D eigenvalue weighted by Gasteiger charge is -2.17. The Labute approximate surface area is 108 Å². The van der Waals surface area contributed by atoms with E-state index >= 15 is 0 Å². The number of nitrogens with zero attached hydrogens (tertiary/aromatic N) is 1. The third-order valence-corrected chi connectivity index (χ3v) is 2.80. The van der Waals surface area contributed by atoms with Gasteiger partial charge in [0, 0.05) is 28.7 Å². The lowest BCUT2D eigenvalue weighted by molar-refractivity contribution is 0.248. The van der Waals surface area contributed by atoms with Crippen molar-refractivity contribution in [2.45, 2.75) is 0 Å². The number of carbonyl (C=O) groups excluding carboxylic acids is 1. The van der Waals surface area contributed by atoms with Crippen LogP contribution >= 0.6 is 34.2 Å². The zero-order valence-corrected chi connectivity index (χ0v) is 11.2. The second kappa shape index (κ2) is 6.17. The number of urea groups is 1. The first-order valence-electron chi connectivity index (χ1n) is 4.48. The van der Waals surface area contributed by atoms with E-state index in [0.29, 0.717) is 12.4 Å². The maximum absolute atomic E-state index is 11.5. The SMILES string of the molecule is CN(C(=O)NCCCl)c1ccc(I)cc1. The lowest BCUT2D eigenvalue weighted by atomic mass is 10.3. The fourth-order valence-electron chi connectivity index (χ4n) is 1.05. The average Bonchev–Trinajstić information content (AvgIpc) is 2.26. The summed E-state index contributed by atoms with van der Waals surface area (Å²) in [6.07, 6.45) is 0. The minimum Gasteiger partial charge on any atom is -0.337 e. The van der Waals surface area contributed by atoms with Crippen LogP contribution in [0.5, 0.6) is 0 Å². The van der Waals surface area contributed by atoms with Crippen molar-refractivity contribution in [3.8, 4) is 0 Å². The molecule has 0 unspecified atom stereocenters. The number of rotatable bonds is 3. The van der Waals surface area contributed by atoms with Crippen molar-refractivity contribution >= 4 is 45.9 Å². The van der Waals surface area contributed by atoms with Gasteiger partial charge in [0.15, 0.2) is 0 Å². The van der Waals surface area contributed by atoms with Crippen LogP contribution in [0.1, 0.15) is 0 Å². The van der Waals surface area contributed by atoms with Crippen LogP contribution in [0.4, 0.5) is 10.5 Å². The summed E-state index contributed by atoms with van der Waals surface area (Å²) in [5.41, 5.74) is 0.863. The van der Waals surface area contributed by atoms with Gasteiger partial charge in [0.2, 0.25) is 0 Å². The van der Waals surface area contributed by atoms with Gasteiger partial charge in [-0.25, -0.2) is 4.79 Å². The fourth-order valence-corrected chi connectivity index (χ4v) is 1.51. The number of hydrogen-bond acceptors (Lipinski definition) is 1. The Hall–Kier alpha value is -0.490. The molecular formula is C10H12ClIN2O. The number of benzene rings is 1. The first kappa shape index (κ1) is 12.6. The Bertz CT molecular complexity index is 329. The van der Waals surface area contributed by atoms with E-state index in [1.54, 1.807) is 11.9 Å². The summed E-state index contributed by atoms with van der Waals surface area (Å²) >= 11 is 7.71. The van der Waals surface area contributed by atoms with E-state index in [4.69, 9.17) is 11.6 Å². The minimum atomic E-state index is -0.142. The standard InChI is InChI=1S/C10H12ClIN2O/c1-14(10(15)13-7-6-11)9-4-2-8(12)3-5-9/h2-5H,6-7H2,1H3,(H,13,15). The van der Waals surface area contributed by atoms with Crippen LogP contribution in [0.25, 0.3) is 0 Å². The average molecular weight is 339 g/mol. The largest absolute Gasteiger partial charge is 0.337 e. The van der Waals surface area contributed by atoms with Gasteiger partial charge in [-0.05, 0) is 46.9 Å². The molecule has 1 N–H and O–H groups in total. The zero-order valence-electron chi connectivity index (χ0n) is 8.34. The van der Waals surface area contributed by atoms with Gasteiger partial charge in [-0.1, -0.05) is 0 Å². The second-order valence-corrected chi connectivity index (χ2v) is 4.58. The van der Waals surface area contributed by atoms with Crippen LogP contribution in [0.3, 0.4) is 0 Å². The summed E-state index contributed by atoms with van der Waals surface area (Å²) < 4.78 is 1.14. The number of hydrogen-bond donors (Lipinski definition) is 1. The Morgan fingerprint density at radius 3 is 2.60 bits per heavy atom. The van der Waals surface area contributed by atoms with E-state index in [0.717, 1.165) is 9.26 Å². The molecule has 0 saturated heterocycles. The number of halogens is 2.